The van der Waals surface area contributed by atoms with Crippen LogP contribution in [0.3, 0.4) is 0 Å². The maximum Gasteiger partial charge on any atom is 0.264 e. The summed E-state index contributed by atoms with van der Waals surface area (Å²) in [5.41, 5.74) is 4.54. The first kappa shape index (κ1) is 15.5. The summed E-state index contributed by atoms with van der Waals surface area (Å²) < 4.78 is 29.8. The number of fused-ring (bicyclic) bond motifs is 1. The monoisotopic (exact) mass is 324 g/mol. The number of benzene rings is 1. The van der Waals surface area contributed by atoms with Gasteiger partial charge < -0.3 is 4.74 Å². The zero-order chi connectivity index (χ0) is 15.6. The van der Waals surface area contributed by atoms with Crippen molar-refractivity contribution in [1.82, 2.24) is 10.3 Å². The average Bonchev–Trinajstić information content (AvgIpc) is 3.07. The summed E-state index contributed by atoms with van der Waals surface area (Å²) >= 11 is 0. The van der Waals surface area contributed by atoms with Crippen LogP contribution >= 0.6 is 0 Å². The van der Waals surface area contributed by atoms with Crippen LogP contribution in [0.25, 0.3) is 0 Å². The van der Waals surface area contributed by atoms with Crippen molar-refractivity contribution in [2.24, 2.45) is 0 Å². The van der Waals surface area contributed by atoms with Crippen LogP contribution in [0.4, 0.5) is 0 Å². The van der Waals surface area contributed by atoms with Crippen molar-refractivity contribution < 1.29 is 17.9 Å². The van der Waals surface area contributed by atoms with Crippen LogP contribution in [0.2, 0.25) is 0 Å². The first-order valence-electron chi connectivity index (χ1n) is 7.61. The van der Waals surface area contributed by atoms with Crippen LogP contribution in [0.15, 0.2) is 23.1 Å². The molecule has 0 radical (unpaired) electrons. The predicted octanol–water partition coefficient (Wildman–Crippen LogP) is 1.05. The standard InChI is InChI=1S/C15H20N2O4S/c18-15(14-6-3-9-21-14)16-17-22(19,20)13-8-7-11-4-1-2-5-12(11)10-13/h7-8,10,14,17H,1-6,9H2,(H,16,18). The lowest BCUT2D eigenvalue weighted by atomic mass is 9.92. The van der Waals surface area contributed by atoms with E-state index in [0.717, 1.165) is 37.7 Å². The molecule has 1 heterocycles. The van der Waals surface area contributed by atoms with Gasteiger partial charge in [0.05, 0.1) is 4.90 Å². The molecule has 7 heteroatoms. The number of sulfonamides is 1. The largest absolute Gasteiger partial charge is 0.368 e. The Morgan fingerprint density at radius 1 is 1.14 bits per heavy atom. The van der Waals surface area contributed by atoms with Gasteiger partial charge in [-0.25, -0.2) is 8.42 Å². The average molecular weight is 324 g/mol. The Morgan fingerprint density at radius 3 is 2.64 bits per heavy atom. The minimum atomic E-state index is -3.76. The van der Waals surface area contributed by atoms with Crippen LogP contribution in [-0.2, 0) is 32.4 Å². The molecule has 120 valence electrons. The lowest BCUT2D eigenvalue weighted by Gasteiger charge is -2.17. The number of aryl methyl sites for hydroxylation is 2. The molecular formula is C15H20N2O4S. The fourth-order valence-electron chi connectivity index (χ4n) is 2.92. The van der Waals surface area contributed by atoms with E-state index in [1.165, 1.54) is 5.56 Å². The number of ether oxygens (including phenoxy) is 1. The van der Waals surface area contributed by atoms with Gasteiger partial charge in [0, 0.05) is 6.61 Å². The first-order chi connectivity index (χ1) is 10.6. The van der Waals surface area contributed by atoms with Crippen LogP contribution in [0.5, 0.6) is 0 Å². The quantitative estimate of drug-likeness (QED) is 0.811. The Morgan fingerprint density at radius 2 is 1.91 bits per heavy atom. The van der Waals surface area contributed by atoms with Gasteiger partial charge in [0.15, 0.2) is 0 Å². The minimum Gasteiger partial charge on any atom is -0.368 e. The summed E-state index contributed by atoms with van der Waals surface area (Å²) in [4.78, 5) is 14.1. The molecule has 3 rings (SSSR count). The molecule has 0 saturated carbocycles. The lowest BCUT2D eigenvalue weighted by Crippen LogP contribution is -2.46. The molecule has 1 aliphatic carbocycles. The molecule has 2 N–H and O–H groups in total. The second-order valence-corrected chi connectivity index (χ2v) is 7.42. The number of hydrogen-bond donors (Lipinski definition) is 2. The maximum absolute atomic E-state index is 12.3. The Bertz CT molecular complexity index is 666. The molecule has 1 aromatic rings. The summed E-state index contributed by atoms with van der Waals surface area (Å²) in [5.74, 6) is -0.445. The van der Waals surface area contributed by atoms with E-state index in [0.29, 0.717) is 13.0 Å². The van der Waals surface area contributed by atoms with E-state index in [9.17, 15) is 13.2 Å². The van der Waals surface area contributed by atoms with Crippen molar-refractivity contribution in [2.75, 3.05) is 6.61 Å². The van der Waals surface area contributed by atoms with E-state index < -0.39 is 22.0 Å². The summed E-state index contributed by atoms with van der Waals surface area (Å²) in [6.45, 7) is 0.537. The maximum atomic E-state index is 12.3. The second-order valence-electron chi connectivity index (χ2n) is 5.73. The highest BCUT2D eigenvalue weighted by Gasteiger charge is 2.25. The molecule has 1 aliphatic heterocycles. The van der Waals surface area contributed by atoms with Crippen molar-refractivity contribution in [2.45, 2.75) is 49.5 Å². The number of amides is 1. The molecule has 1 atom stereocenters. The molecule has 1 aromatic carbocycles. The fourth-order valence-corrected chi connectivity index (χ4v) is 3.82. The fraction of sp³-hybridized carbons (Fsp3) is 0.533. The third kappa shape index (κ3) is 3.31. The molecule has 2 aliphatic rings. The molecule has 1 fully saturated rings. The summed E-state index contributed by atoms with van der Waals surface area (Å²) in [6.07, 6.45) is 5.00. The van der Waals surface area contributed by atoms with E-state index in [4.69, 9.17) is 4.74 Å². The van der Waals surface area contributed by atoms with Crippen molar-refractivity contribution in [3.8, 4) is 0 Å². The van der Waals surface area contributed by atoms with Gasteiger partial charge >= 0.3 is 0 Å². The Balaban J connectivity index is 1.68. The molecule has 1 saturated heterocycles. The predicted molar refractivity (Wildman–Crippen MR) is 80.5 cm³/mol. The van der Waals surface area contributed by atoms with Gasteiger partial charge in [0.2, 0.25) is 0 Å². The van der Waals surface area contributed by atoms with E-state index in [1.807, 2.05) is 6.07 Å². The number of hydrogen-bond acceptors (Lipinski definition) is 4. The highest BCUT2D eigenvalue weighted by Crippen LogP contribution is 2.23. The van der Waals surface area contributed by atoms with Crippen LogP contribution in [0, 0.1) is 0 Å². The topological polar surface area (TPSA) is 84.5 Å². The second kappa shape index (κ2) is 6.36. The van der Waals surface area contributed by atoms with Crippen molar-refractivity contribution in [3.05, 3.63) is 29.3 Å². The van der Waals surface area contributed by atoms with Gasteiger partial charge in [-0.3, -0.25) is 10.2 Å². The Labute approximate surface area is 130 Å². The number of carbonyl (C=O) groups excluding carboxylic acids is 1. The highest BCUT2D eigenvalue weighted by molar-refractivity contribution is 7.89. The zero-order valence-electron chi connectivity index (χ0n) is 12.3. The van der Waals surface area contributed by atoms with E-state index >= 15 is 0 Å². The van der Waals surface area contributed by atoms with Crippen LogP contribution in [-0.4, -0.2) is 27.0 Å². The molecule has 0 spiro atoms. The molecule has 6 nitrogen and oxygen atoms in total. The van der Waals surface area contributed by atoms with Gasteiger partial charge in [-0.05, 0) is 61.8 Å². The zero-order valence-corrected chi connectivity index (χ0v) is 13.1. The molecule has 1 amide bonds. The molecule has 0 bridgehead atoms. The molecule has 1 unspecified atom stereocenters. The van der Waals surface area contributed by atoms with Gasteiger partial charge in [-0.1, -0.05) is 6.07 Å². The Hall–Kier alpha value is -1.44. The molecule has 22 heavy (non-hydrogen) atoms. The van der Waals surface area contributed by atoms with Gasteiger partial charge in [-0.15, -0.1) is 4.83 Å². The molecule has 0 aromatic heterocycles. The number of hydrazine groups is 1. The third-order valence-corrected chi connectivity index (χ3v) is 5.41. The number of nitrogens with one attached hydrogen (secondary N) is 2. The summed E-state index contributed by atoms with van der Waals surface area (Å²) in [7, 11) is -3.76. The van der Waals surface area contributed by atoms with Crippen molar-refractivity contribution in [1.29, 1.82) is 0 Å². The Kier molecular flexibility index (Phi) is 4.46. The van der Waals surface area contributed by atoms with Crippen LogP contribution in [0.1, 0.15) is 36.8 Å². The van der Waals surface area contributed by atoms with E-state index in [-0.39, 0.29) is 4.90 Å². The summed E-state index contributed by atoms with van der Waals surface area (Å²) in [6, 6.07) is 5.16. The van der Waals surface area contributed by atoms with E-state index in [1.54, 1.807) is 12.1 Å². The minimum absolute atomic E-state index is 0.181. The third-order valence-electron chi connectivity index (χ3n) is 4.16. The summed E-state index contributed by atoms with van der Waals surface area (Å²) in [5, 5.41) is 0. The lowest BCUT2D eigenvalue weighted by molar-refractivity contribution is -0.130. The number of rotatable bonds is 4. The van der Waals surface area contributed by atoms with Crippen molar-refractivity contribution >= 4 is 15.9 Å². The first-order valence-corrected chi connectivity index (χ1v) is 9.10. The normalized spacial score (nSPS) is 21.4. The highest BCUT2D eigenvalue weighted by atomic mass is 32.2. The van der Waals surface area contributed by atoms with Gasteiger partial charge in [0.1, 0.15) is 6.10 Å². The van der Waals surface area contributed by atoms with Gasteiger partial charge in [-0.2, -0.15) is 0 Å². The van der Waals surface area contributed by atoms with Crippen LogP contribution < -0.4 is 10.3 Å². The van der Waals surface area contributed by atoms with E-state index in [2.05, 4.69) is 10.3 Å². The molecular weight excluding hydrogens is 304 g/mol. The smallest absolute Gasteiger partial charge is 0.264 e. The van der Waals surface area contributed by atoms with Crippen molar-refractivity contribution in [3.63, 3.8) is 0 Å². The SMILES string of the molecule is O=C(NNS(=O)(=O)c1ccc2c(c1)CCCC2)C1CCCO1. The van der Waals surface area contributed by atoms with Gasteiger partial charge in [0.25, 0.3) is 15.9 Å². The number of carbonyl (C=O) groups is 1.